The Labute approximate surface area is 80.3 Å². The van der Waals surface area contributed by atoms with Crippen molar-refractivity contribution < 1.29 is 9.53 Å². The van der Waals surface area contributed by atoms with Crippen LogP contribution in [0.2, 0.25) is 0 Å². The zero-order chi connectivity index (χ0) is 9.52. The van der Waals surface area contributed by atoms with Gasteiger partial charge in [-0.25, -0.2) is 4.98 Å². The summed E-state index contributed by atoms with van der Waals surface area (Å²) in [7, 11) is 1.57. The first-order chi connectivity index (χ1) is 6.33. The number of amides is 1. The number of methoxy groups -OCH3 is 1. The van der Waals surface area contributed by atoms with Crippen molar-refractivity contribution in [3.05, 3.63) is 23.7 Å². The van der Waals surface area contributed by atoms with Crippen LogP contribution in [0.4, 0.5) is 5.13 Å². The zero-order valence-corrected chi connectivity index (χ0v) is 8.00. The first-order valence-electron chi connectivity index (χ1n) is 3.69. The van der Waals surface area contributed by atoms with E-state index in [0.717, 1.165) is 0 Å². The number of rotatable bonds is 4. The fourth-order valence-electron chi connectivity index (χ4n) is 0.684. The summed E-state index contributed by atoms with van der Waals surface area (Å²) in [4.78, 5) is 15.0. The standard InChI is InChI=1S/C8H10N2O2S/c1-12-5-2-3-7(11)10-8-9-4-6-13-8/h2-4,6H,5H2,1H3,(H,9,10,11)/b3-2+. The fraction of sp³-hybridized carbons (Fsp3) is 0.250. The van der Waals surface area contributed by atoms with Crippen LogP contribution in [0.25, 0.3) is 0 Å². The van der Waals surface area contributed by atoms with E-state index < -0.39 is 0 Å². The molecule has 0 bridgehead atoms. The van der Waals surface area contributed by atoms with Crippen molar-refractivity contribution in [1.29, 1.82) is 0 Å². The number of hydrogen-bond acceptors (Lipinski definition) is 4. The van der Waals surface area contributed by atoms with Crippen molar-refractivity contribution in [1.82, 2.24) is 4.98 Å². The van der Waals surface area contributed by atoms with E-state index in [0.29, 0.717) is 11.7 Å². The molecule has 13 heavy (non-hydrogen) atoms. The summed E-state index contributed by atoms with van der Waals surface area (Å²) in [5, 5.41) is 5.01. The molecular formula is C8H10N2O2S. The maximum atomic E-state index is 11.1. The van der Waals surface area contributed by atoms with Crippen molar-refractivity contribution in [3.63, 3.8) is 0 Å². The SMILES string of the molecule is COC/C=C/C(=O)Nc1nccs1. The predicted octanol–water partition coefficient (Wildman–Crippen LogP) is 1.28. The van der Waals surface area contributed by atoms with E-state index in [1.54, 1.807) is 24.8 Å². The quantitative estimate of drug-likeness (QED) is 0.741. The van der Waals surface area contributed by atoms with Crippen LogP contribution in [-0.4, -0.2) is 24.6 Å². The highest BCUT2D eigenvalue weighted by molar-refractivity contribution is 7.13. The summed E-state index contributed by atoms with van der Waals surface area (Å²) < 4.78 is 4.75. The first-order valence-corrected chi connectivity index (χ1v) is 4.57. The first kappa shape index (κ1) is 9.88. The Hall–Kier alpha value is -1.20. The molecule has 4 nitrogen and oxygen atoms in total. The third-order valence-corrected chi connectivity index (χ3v) is 1.88. The lowest BCUT2D eigenvalue weighted by atomic mass is 10.5. The number of hydrogen-bond donors (Lipinski definition) is 1. The highest BCUT2D eigenvalue weighted by Crippen LogP contribution is 2.09. The van der Waals surface area contributed by atoms with Gasteiger partial charge in [0.1, 0.15) is 0 Å². The maximum Gasteiger partial charge on any atom is 0.249 e. The lowest BCUT2D eigenvalue weighted by molar-refractivity contribution is -0.111. The molecule has 1 aromatic heterocycles. The van der Waals surface area contributed by atoms with Gasteiger partial charge in [-0.2, -0.15) is 0 Å². The molecule has 0 saturated carbocycles. The van der Waals surface area contributed by atoms with Crippen molar-refractivity contribution in [3.8, 4) is 0 Å². The Kier molecular flexibility index (Phi) is 4.14. The Morgan fingerprint density at radius 3 is 3.31 bits per heavy atom. The van der Waals surface area contributed by atoms with Crippen LogP contribution < -0.4 is 5.32 Å². The third-order valence-electron chi connectivity index (χ3n) is 1.19. The van der Waals surface area contributed by atoms with E-state index in [-0.39, 0.29) is 5.91 Å². The van der Waals surface area contributed by atoms with Crippen molar-refractivity contribution in [2.75, 3.05) is 19.0 Å². The molecular weight excluding hydrogens is 188 g/mol. The fourth-order valence-corrected chi connectivity index (χ4v) is 1.22. The summed E-state index contributed by atoms with van der Waals surface area (Å²) in [5.74, 6) is -0.188. The number of carbonyl (C=O) groups is 1. The Morgan fingerprint density at radius 1 is 1.85 bits per heavy atom. The molecule has 0 saturated heterocycles. The lowest BCUT2D eigenvalue weighted by Gasteiger charge is -1.94. The molecule has 0 atom stereocenters. The van der Waals surface area contributed by atoms with E-state index in [4.69, 9.17) is 4.74 Å². The van der Waals surface area contributed by atoms with E-state index in [9.17, 15) is 4.79 Å². The minimum Gasteiger partial charge on any atom is -0.381 e. The topological polar surface area (TPSA) is 51.2 Å². The predicted molar refractivity (Wildman–Crippen MR) is 51.8 cm³/mol. The molecule has 1 heterocycles. The number of nitrogens with one attached hydrogen (secondary N) is 1. The molecule has 1 amide bonds. The van der Waals surface area contributed by atoms with E-state index in [1.807, 2.05) is 0 Å². The smallest absolute Gasteiger partial charge is 0.249 e. The molecule has 1 N–H and O–H groups in total. The van der Waals surface area contributed by atoms with Gasteiger partial charge in [-0.3, -0.25) is 10.1 Å². The molecule has 0 unspecified atom stereocenters. The molecule has 0 radical (unpaired) electrons. The summed E-state index contributed by atoms with van der Waals surface area (Å²) in [6.45, 7) is 0.436. The molecule has 0 fully saturated rings. The maximum absolute atomic E-state index is 11.1. The van der Waals surface area contributed by atoms with Crippen LogP contribution in [0.1, 0.15) is 0 Å². The number of ether oxygens (including phenoxy) is 1. The van der Waals surface area contributed by atoms with Crippen molar-refractivity contribution in [2.24, 2.45) is 0 Å². The van der Waals surface area contributed by atoms with Gasteiger partial charge in [-0.15, -0.1) is 11.3 Å². The third kappa shape index (κ3) is 3.82. The van der Waals surface area contributed by atoms with Gasteiger partial charge in [0.2, 0.25) is 5.91 Å². The average Bonchev–Trinajstić information content (AvgIpc) is 2.57. The van der Waals surface area contributed by atoms with Crippen molar-refractivity contribution in [2.45, 2.75) is 0 Å². The van der Waals surface area contributed by atoms with E-state index in [2.05, 4.69) is 10.3 Å². The number of aromatic nitrogens is 1. The van der Waals surface area contributed by atoms with Gasteiger partial charge in [-0.1, -0.05) is 6.08 Å². The van der Waals surface area contributed by atoms with Gasteiger partial charge in [-0.05, 0) is 0 Å². The van der Waals surface area contributed by atoms with Gasteiger partial charge in [0.05, 0.1) is 6.61 Å². The van der Waals surface area contributed by atoms with Crippen LogP contribution in [0, 0.1) is 0 Å². The normalized spacial score (nSPS) is 10.5. The molecule has 1 rings (SSSR count). The molecule has 0 aromatic carbocycles. The van der Waals surface area contributed by atoms with Gasteiger partial charge >= 0.3 is 0 Å². The highest BCUT2D eigenvalue weighted by Gasteiger charge is 1.97. The largest absolute Gasteiger partial charge is 0.381 e. The zero-order valence-electron chi connectivity index (χ0n) is 7.19. The van der Waals surface area contributed by atoms with Crippen LogP contribution in [0.15, 0.2) is 23.7 Å². The van der Waals surface area contributed by atoms with E-state index >= 15 is 0 Å². The number of carbonyl (C=O) groups excluding carboxylic acids is 1. The second-order valence-corrected chi connectivity index (χ2v) is 3.08. The van der Waals surface area contributed by atoms with Crippen molar-refractivity contribution >= 4 is 22.4 Å². The summed E-state index contributed by atoms with van der Waals surface area (Å²) in [6, 6.07) is 0. The summed E-state index contributed by atoms with van der Waals surface area (Å²) >= 11 is 1.38. The van der Waals surface area contributed by atoms with Gasteiger partial charge in [0.15, 0.2) is 5.13 Å². The molecule has 70 valence electrons. The van der Waals surface area contributed by atoms with Gasteiger partial charge in [0, 0.05) is 24.8 Å². The summed E-state index contributed by atoms with van der Waals surface area (Å²) in [6.07, 6.45) is 4.70. The Balaban J connectivity index is 2.34. The molecule has 0 spiro atoms. The minimum absolute atomic E-state index is 0.188. The van der Waals surface area contributed by atoms with Crippen LogP contribution >= 0.6 is 11.3 Å². The Bertz CT molecular complexity index is 282. The summed E-state index contributed by atoms with van der Waals surface area (Å²) in [5.41, 5.74) is 0. The second-order valence-electron chi connectivity index (χ2n) is 2.18. The molecule has 5 heteroatoms. The molecule has 0 aliphatic heterocycles. The van der Waals surface area contributed by atoms with Crippen LogP contribution in [0.5, 0.6) is 0 Å². The average molecular weight is 198 g/mol. The second kappa shape index (κ2) is 5.45. The van der Waals surface area contributed by atoms with Crippen LogP contribution in [0.3, 0.4) is 0 Å². The van der Waals surface area contributed by atoms with Gasteiger partial charge < -0.3 is 4.74 Å². The number of thiazole rings is 1. The van der Waals surface area contributed by atoms with E-state index in [1.165, 1.54) is 17.4 Å². The monoisotopic (exact) mass is 198 g/mol. The van der Waals surface area contributed by atoms with Gasteiger partial charge in [0.25, 0.3) is 0 Å². The molecule has 0 aliphatic carbocycles. The minimum atomic E-state index is -0.188. The highest BCUT2D eigenvalue weighted by atomic mass is 32.1. The Morgan fingerprint density at radius 2 is 2.69 bits per heavy atom. The number of nitrogens with zero attached hydrogens (tertiary/aromatic N) is 1. The number of anilines is 1. The molecule has 1 aromatic rings. The molecule has 0 aliphatic rings. The van der Waals surface area contributed by atoms with Crippen LogP contribution in [-0.2, 0) is 9.53 Å². The lowest BCUT2D eigenvalue weighted by Crippen LogP contribution is -2.07.